The fourth-order valence-corrected chi connectivity index (χ4v) is 3.76. The molecule has 0 fully saturated rings. The molecule has 0 radical (unpaired) electrons. The van der Waals surface area contributed by atoms with Gasteiger partial charge in [-0.3, -0.25) is 4.79 Å². The maximum Gasteiger partial charge on any atom is 0.251 e. The Balaban J connectivity index is 1.68. The van der Waals surface area contributed by atoms with Crippen LogP contribution in [-0.4, -0.2) is 15.7 Å². The summed E-state index contributed by atoms with van der Waals surface area (Å²) in [4.78, 5) is 12.2. The first-order chi connectivity index (χ1) is 15.0. The third kappa shape index (κ3) is 3.24. The first-order valence-electron chi connectivity index (χ1n) is 9.49. The molecule has 0 spiro atoms. The van der Waals surface area contributed by atoms with Crippen LogP contribution in [0, 0.1) is 23.0 Å². The number of carbonyl (C=O) groups is 1. The molecule has 0 saturated carbocycles. The molecular weight excluding hydrogens is 398 g/mol. The first kappa shape index (κ1) is 18.7. The summed E-state index contributed by atoms with van der Waals surface area (Å²) in [5, 5.41) is 16.3. The molecule has 0 aliphatic carbocycles. The Hall–Kier alpha value is -4.31. The van der Waals surface area contributed by atoms with Gasteiger partial charge in [0.05, 0.1) is 23.5 Å². The molecule has 7 heteroatoms. The van der Waals surface area contributed by atoms with Gasteiger partial charge in [0.1, 0.15) is 11.6 Å². The molecule has 0 unspecified atom stereocenters. The van der Waals surface area contributed by atoms with Crippen molar-refractivity contribution in [2.75, 3.05) is 0 Å². The third-order valence-corrected chi connectivity index (χ3v) is 5.28. The second-order valence-corrected chi connectivity index (χ2v) is 7.20. The molecule has 1 aromatic heterocycles. The van der Waals surface area contributed by atoms with Crippen LogP contribution < -0.4 is 5.32 Å². The van der Waals surface area contributed by atoms with Crippen molar-refractivity contribution >= 4 is 5.91 Å². The quantitative estimate of drug-likeness (QED) is 0.535. The van der Waals surface area contributed by atoms with Gasteiger partial charge in [-0.1, -0.05) is 6.07 Å². The molecular formula is C24H14F2N4O. The van der Waals surface area contributed by atoms with Crippen molar-refractivity contribution in [3.63, 3.8) is 0 Å². The van der Waals surface area contributed by atoms with E-state index in [0.717, 1.165) is 11.6 Å². The van der Waals surface area contributed by atoms with Crippen molar-refractivity contribution < 1.29 is 13.6 Å². The minimum Gasteiger partial charge on any atom is -0.348 e. The van der Waals surface area contributed by atoms with Gasteiger partial charge in [-0.25, -0.2) is 13.5 Å². The summed E-state index contributed by atoms with van der Waals surface area (Å²) in [6, 6.07) is 15.9. The lowest BCUT2D eigenvalue weighted by atomic mass is 9.91. The normalized spacial score (nSPS) is 12.4. The Bertz CT molecular complexity index is 1400. The summed E-state index contributed by atoms with van der Waals surface area (Å²) in [6.45, 7) is 0.381. The zero-order chi connectivity index (χ0) is 21.5. The lowest BCUT2D eigenvalue weighted by Crippen LogP contribution is -2.12. The minimum atomic E-state index is -0.714. The molecule has 2 heterocycles. The molecule has 5 nitrogen and oxygen atoms in total. The standard InChI is InChI=1S/C24H14F2N4O/c25-17-4-5-19(23(26)8-17)22-9-21-15(11-28-24(21)31)7-20(22)16-12-29-30(13-16)18-3-1-2-14(6-18)10-27/h1-9,12-13H,11H2,(H,28,31). The SMILES string of the molecule is N#Cc1cccc(-n2cc(-c3cc4c(cc3-c3ccc(F)cc3F)C(=O)NC4)cn2)c1. The number of hydrogen-bond donors (Lipinski definition) is 1. The lowest BCUT2D eigenvalue weighted by Gasteiger charge is -2.12. The average Bonchev–Trinajstić information content (AvgIpc) is 3.40. The Morgan fingerprint density at radius 3 is 2.68 bits per heavy atom. The van der Waals surface area contributed by atoms with E-state index >= 15 is 0 Å². The summed E-state index contributed by atoms with van der Waals surface area (Å²) >= 11 is 0. The van der Waals surface area contributed by atoms with Gasteiger partial charge in [-0.15, -0.1) is 0 Å². The number of carbonyl (C=O) groups excluding carboxylic acids is 1. The summed E-state index contributed by atoms with van der Waals surface area (Å²) in [6.07, 6.45) is 3.41. The molecule has 150 valence electrons. The van der Waals surface area contributed by atoms with Gasteiger partial charge in [0.2, 0.25) is 0 Å². The van der Waals surface area contributed by atoms with Gasteiger partial charge in [-0.2, -0.15) is 10.4 Å². The number of aromatic nitrogens is 2. The van der Waals surface area contributed by atoms with E-state index in [9.17, 15) is 13.6 Å². The van der Waals surface area contributed by atoms with E-state index in [1.165, 1.54) is 12.1 Å². The number of nitrogens with one attached hydrogen (secondary N) is 1. The molecule has 1 aliphatic heterocycles. The highest BCUT2D eigenvalue weighted by Gasteiger charge is 2.24. The second-order valence-electron chi connectivity index (χ2n) is 7.20. The molecule has 0 saturated heterocycles. The molecule has 5 rings (SSSR count). The average molecular weight is 412 g/mol. The third-order valence-electron chi connectivity index (χ3n) is 5.28. The minimum absolute atomic E-state index is 0.193. The summed E-state index contributed by atoms with van der Waals surface area (Å²) in [5.74, 6) is -1.62. The van der Waals surface area contributed by atoms with Crippen LogP contribution >= 0.6 is 0 Å². The summed E-state index contributed by atoms with van der Waals surface area (Å²) < 4.78 is 29.7. The topological polar surface area (TPSA) is 70.7 Å². The molecule has 31 heavy (non-hydrogen) atoms. The van der Waals surface area contributed by atoms with Crippen LogP contribution in [0.5, 0.6) is 0 Å². The molecule has 1 N–H and O–H groups in total. The predicted octanol–water partition coefficient (Wildman–Crippen LogP) is 4.60. The number of fused-ring (bicyclic) bond motifs is 1. The van der Waals surface area contributed by atoms with Crippen LogP contribution in [0.4, 0.5) is 8.78 Å². The van der Waals surface area contributed by atoms with Crippen molar-refractivity contribution in [3.05, 3.63) is 95.3 Å². The summed E-state index contributed by atoms with van der Waals surface area (Å²) in [5.41, 5.74) is 4.51. The van der Waals surface area contributed by atoms with E-state index in [-0.39, 0.29) is 11.5 Å². The Morgan fingerprint density at radius 1 is 1.00 bits per heavy atom. The number of halogens is 2. The van der Waals surface area contributed by atoms with Crippen molar-refractivity contribution in [1.82, 2.24) is 15.1 Å². The molecule has 1 aliphatic rings. The number of amides is 1. The van der Waals surface area contributed by atoms with Crippen molar-refractivity contribution in [2.24, 2.45) is 0 Å². The van der Waals surface area contributed by atoms with E-state index in [1.807, 2.05) is 12.1 Å². The van der Waals surface area contributed by atoms with Crippen LogP contribution in [-0.2, 0) is 6.54 Å². The van der Waals surface area contributed by atoms with Gasteiger partial charge in [0, 0.05) is 35.5 Å². The Labute approximate surface area is 176 Å². The zero-order valence-corrected chi connectivity index (χ0v) is 16.1. The van der Waals surface area contributed by atoms with Crippen LogP contribution in [0.3, 0.4) is 0 Å². The van der Waals surface area contributed by atoms with Crippen molar-refractivity contribution in [2.45, 2.75) is 6.54 Å². The highest BCUT2D eigenvalue weighted by Crippen LogP contribution is 2.37. The van der Waals surface area contributed by atoms with E-state index in [2.05, 4.69) is 16.5 Å². The van der Waals surface area contributed by atoms with Gasteiger partial charge in [0.15, 0.2) is 0 Å². The molecule has 3 aromatic carbocycles. The van der Waals surface area contributed by atoms with Gasteiger partial charge in [0.25, 0.3) is 5.91 Å². The van der Waals surface area contributed by atoms with Crippen molar-refractivity contribution in [3.8, 4) is 34.0 Å². The number of rotatable bonds is 3. The fourth-order valence-electron chi connectivity index (χ4n) is 3.76. The monoisotopic (exact) mass is 412 g/mol. The maximum absolute atomic E-state index is 14.6. The Kier molecular flexibility index (Phi) is 4.33. The molecule has 1 amide bonds. The Morgan fingerprint density at radius 2 is 1.87 bits per heavy atom. The van der Waals surface area contributed by atoms with E-state index in [4.69, 9.17) is 5.26 Å². The largest absolute Gasteiger partial charge is 0.348 e. The first-order valence-corrected chi connectivity index (χ1v) is 9.49. The van der Waals surface area contributed by atoms with Gasteiger partial charge in [-0.05, 0) is 59.2 Å². The highest BCUT2D eigenvalue weighted by atomic mass is 19.1. The maximum atomic E-state index is 14.6. The smallest absolute Gasteiger partial charge is 0.251 e. The van der Waals surface area contributed by atoms with Crippen LogP contribution in [0.1, 0.15) is 21.5 Å². The van der Waals surface area contributed by atoms with E-state index in [1.54, 1.807) is 41.3 Å². The lowest BCUT2D eigenvalue weighted by molar-refractivity contribution is 0.0966. The number of hydrogen-bond acceptors (Lipinski definition) is 3. The van der Waals surface area contributed by atoms with E-state index < -0.39 is 11.6 Å². The van der Waals surface area contributed by atoms with Crippen LogP contribution in [0.15, 0.2) is 67.0 Å². The zero-order valence-electron chi connectivity index (χ0n) is 16.1. The van der Waals surface area contributed by atoms with Crippen LogP contribution in [0.2, 0.25) is 0 Å². The van der Waals surface area contributed by atoms with Gasteiger partial charge < -0.3 is 5.32 Å². The summed E-state index contributed by atoms with van der Waals surface area (Å²) in [7, 11) is 0. The van der Waals surface area contributed by atoms with Gasteiger partial charge >= 0.3 is 0 Å². The fraction of sp³-hybridized carbons (Fsp3) is 0.0417. The van der Waals surface area contributed by atoms with E-state index in [0.29, 0.717) is 40.0 Å². The number of nitriles is 1. The molecule has 0 bridgehead atoms. The number of benzene rings is 3. The van der Waals surface area contributed by atoms with Crippen molar-refractivity contribution in [1.29, 1.82) is 5.26 Å². The molecule has 0 atom stereocenters. The van der Waals surface area contributed by atoms with Crippen LogP contribution in [0.25, 0.3) is 27.9 Å². The number of nitrogens with zero attached hydrogens (tertiary/aromatic N) is 3. The second kappa shape index (κ2) is 7.18. The highest BCUT2D eigenvalue weighted by molar-refractivity contribution is 6.01. The molecule has 4 aromatic rings. The predicted molar refractivity (Wildman–Crippen MR) is 110 cm³/mol.